The van der Waals surface area contributed by atoms with Gasteiger partial charge in [-0.15, -0.1) is 0 Å². The minimum Gasteiger partial charge on any atom is -0.331 e. The minimum absolute atomic E-state index is 0.0583. The highest BCUT2D eigenvalue weighted by Gasteiger charge is 2.21. The first-order valence-electron chi connectivity index (χ1n) is 9.02. The molecule has 1 aromatic heterocycles. The van der Waals surface area contributed by atoms with Crippen LogP contribution < -0.4 is 4.90 Å². The molecule has 1 heterocycles. The van der Waals surface area contributed by atoms with Gasteiger partial charge < -0.3 is 9.80 Å². The summed E-state index contributed by atoms with van der Waals surface area (Å²) in [5, 5.41) is 0. The SMILES string of the molecule is CC(C)N(Cc1ccccc1)C(=O)c1cc(N(C)c2ccccc2)ncn1. The van der Waals surface area contributed by atoms with Crippen LogP contribution in [0.3, 0.4) is 0 Å². The van der Waals surface area contributed by atoms with E-state index in [-0.39, 0.29) is 11.9 Å². The normalized spacial score (nSPS) is 10.7. The van der Waals surface area contributed by atoms with Gasteiger partial charge in [-0.25, -0.2) is 9.97 Å². The molecule has 3 aromatic rings. The summed E-state index contributed by atoms with van der Waals surface area (Å²) >= 11 is 0. The molecule has 0 aliphatic rings. The number of benzene rings is 2. The van der Waals surface area contributed by atoms with Crippen LogP contribution in [0, 0.1) is 0 Å². The van der Waals surface area contributed by atoms with E-state index in [9.17, 15) is 4.79 Å². The lowest BCUT2D eigenvalue weighted by Crippen LogP contribution is -2.37. The average Bonchev–Trinajstić information content (AvgIpc) is 2.72. The summed E-state index contributed by atoms with van der Waals surface area (Å²) < 4.78 is 0. The van der Waals surface area contributed by atoms with Gasteiger partial charge in [0, 0.05) is 31.4 Å². The number of aromatic nitrogens is 2. The van der Waals surface area contributed by atoms with E-state index in [1.165, 1.54) is 6.33 Å². The molecule has 5 heteroatoms. The lowest BCUT2D eigenvalue weighted by atomic mass is 10.1. The summed E-state index contributed by atoms with van der Waals surface area (Å²) in [5.41, 5.74) is 2.49. The third kappa shape index (κ3) is 4.50. The molecule has 5 nitrogen and oxygen atoms in total. The van der Waals surface area contributed by atoms with E-state index in [0.717, 1.165) is 11.3 Å². The van der Waals surface area contributed by atoms with Gasteiger partial charge in [0.2, 0.25) is 0 Å². The highest BCUT2D eigenvalue weighted by Crippen LogP contribution is 2.22. The Balaban J connectivity index is 1.85. The Morgan fingerprint density at radius 2 is 1.59 bits per heavy atom. The predicted molar refractivity (Wildman–Crippen MR) is 108 cm³/mol. The van der Waals surface area contributed by atoms with E-state index in [2.05, 4.69) is 9.97 Å². The number of rotatable bonds is 6. The molecule has 0 N–H and O–H groups in total. The lowest BCUT2D eigenvalue weighted by molar-refractivity contribution is 0.0684. The molecule has 3 rings (SSSR count). The number of carbonyl (C=O) groups is 1. The van der Waals surface area contributed by atoms with Gasteiger partial charge in [-0.1, -0.05) is 48.5 Å². The zero-order valence-corrected chi connectivity index (χ0v) is 15.9. The molecular weight excluding hydrogens is 336 g/mol. The summed E-state index contributed by atoms with van der Waals surface area (Å²) in [7, 11) is 1.93. The van der Waals surface area contributed by atoms with Crippen molar-refractivity contribution < 1.29 is 4.79 Å². The maximum atomic E-state index is 13.1. The second-order valence-corrected chi connectivity index (χ2v) is 6.67. The molecule has 0 bridgehead atoms. The topological polar surface area (TPSA) is 49.3 Å². The fourth-order valence-electron chi connectivity index (χ4n) is 2.85. The van der Waals surface area contributed by atoms with E-state index in [1.54, 1.807) is 6.07 Å². The van der Waals surface area contributed by atoms with Crippen molar-refractivity contribution in [1.29, 1.82) is 0 Å². The Bertz CT molecular complexity index is 881. The smallest absolute Gasteiger partial charge is 0.273 e. The summed E-state index contributed by atoms with van der Waals surface area (Å²) in [6.45, 7) is 4.57. The van der Waals surface area contributed by atoms with E-state index in [0.29, 0.717) is 18.1 Å². The Hall–Kier alpha value is -3.21. The Kier molecular flexibility index (Phi) is 5.81. The number of carbonyl (C=O) groups excluding carboxylic acids is 1. The van der Waals surface area contributed by atoms with Crippen LogP contribution in [0.5, 0.6) is 0 Å². The van der Waals surface area contributed by atoms with Gasteiger partial charge in [-0.3, -0.25) is 4.79 Å². The third-order valence-corrected chi connectivity index (χ3v) is 4.44. The van der Waals surface area contributed by atoms with Crippen molar-refractivity contribution in [3.05, 3.63) is 84.3 Å². The largest absolute Gasteiger partial charge is 0.331 e. The number of para-hydroxylation sites is 1. The molecule has 0 saturated carbocycles. The second-order valence-electron chi connectivity index (χ2n) is 6.67. The van der Waals surface area contributed by atoms with Crippen molar-refractivity contribution in [3.63, 3.8) is 0 Å². The molecule has 0 aliphatic carbocycles. The van der Waals surface area contributed by atoms with Crippen LogP contribution in [0.25, 0.3) is 0 Å². The number of amides is 1. The molecule has 0 unspecified atom stereocenters. The van der Waals surface area contributed by atoms with Gasteiger partial charge in [0.05, 0.1) is 0 Å². The molecule has 1 amide bonds. The van der Waals surface area contributed by atoms with Crippen molar-refractivity contribution >= 4 is 17.4 Å². The average molecular weight is 360 g/mol. The Morgan fingerprint density at radius 3 is 2.22 bits per heavy atom. The third-order valence-electron chi connectivity index (χ3n) is 4.44. The lowest BCUT2D eigenvalue weighted by Gasteiger charge is -2.27. The highest BCUT2D eigenvalue weighted by atomic mass is 16.2. The monoisotopic (exact) mass is 360 g/mol. The van der Waals surface area contributed by atoms with Crippen LogP contribution in [-0.4, -0.2) is 33.9 Å². The van der Waals surface area contributed by atoms with Crippen LogP contribution in [0.15, 0.2) is 73.1 Å². The van der Waals surface area contributed by atoms with E-state index < -0.39 is 0 Å². The number of hydrogen-bond donors (Lipinski definition) is 0. The second kappa shape index (κ2) is 8.45. The Morgan fingerprint density at radius 1 is 0.963 bits per heavy atom. The van der Waals surface area contributed by atoms with Gasteiger partial charge in [-0.2, -0.15) is 0 Å². The molecule has 138 valence electrons. The van der Waals surface area contributed by atoms with E-state index >= 15 is 0 Å². The quantitative estimate of drug-likeness (QED) is 0.658. The number of nitrogens with zero attached hydrogens (tertiary/aromatic N) is 4. The maximum Gasteiger partial charge on any atom is 0.273 e. The van der Waals surface area contributed by atoms with Gasteiger partial charge in [0.1, 0.15) is 17.8 Å². The Labute approximate surface area is 160 Å². The van der Waals surface area contributed by atoms with Gasteiger partial charge in [-0.05, 0) is 31.5 Å². The first-order valence-corrected chi connectivity index (χ1v) is 9.02. The summed E-state index contributed by atoms with van der Waals surface area (Å²) in [4.78, 5) is 25.4. The van der Waals surface area contributed by atoms with Crippen LogP contribution in [-0.2, 0) is 6.54 Å². The molecule has 0 radical (unpaired) electrons. The van der Waals surface area contributed by atoms with E-state index in [1.807, 2.05) is 91.4 Å². The van der Waals surface area contributed by atoms with Crippen molar-refractivity contribution in [1.82, 2.24) is 14.9 Å². The molecule has 0 atom stereocenters. The van der Waals surface area contributed by atoms with Crippen molar-refractivity contribution in [3.8, 4) is 0 Å². The highest BCUT2D eigenvalue weighted by molar-refractivity contribution is 5.93. The summed E-state index contributed by atoms with van der Waals surface area (Å²) in [6, 6.07) is 21.7. The molecule has 0 saturated heterocycles. The molecule has 0 spiro atoms. The zero-order valence-electron chi connectivity index (χ0n) is 15.9. The van der Waals surface area contributed by atoms with Crippen LogP contribution in [0.4, 0.5) is 11.5 Å². The minimum atomic E-state index is -0.0982. The number of hydrogen-bond acceptors (Lipinski definition) is 4. The fourth-order valence-corrected chi connectivity index (χ4v) is 2.85. The first-order chi connectivity index (χ1) is 13.1. The number of anilines is 2. The molecule has 0 aliphatic heterocycles. The van der Waals surface area contributed by atoms with E-state index in [4.69, 9.17) is 0 Å². The maximum absolute atomic E-state index is 13.1. The van der Waals surface area contributed by atoms with Gasteiger partial charge in [0.15, 0.2) is 0 Å². The zero-order chi connectivity index (χ0) is 19.2. The summed E-state index contributed by atoms with van der Waals surface area (Å²) in [6.07, 6.45) is 1.45. The molecule has 2 aromatic carbocycles. The van der Waals surface area contributed by atoms with Crippen molar-refractivity contribution in [2.24, 2.45) is 0 Å². The van der Waals surface area contributed by atoms with Crippen LogP contribution in [0.1, 0.15) is 29.9 Å². The molecule has 0 fully saturated rings. The fraction of sp³-hybridized carbons (Fsp3) is 0.227. The van der Waals surface area contributed by atoms with Crippen molar-refractivity contribution in [2.75, 3.05) is 11.9 Å². The predicted octanol–water partition coefficient (Wildman–Crippen LogP) is 4.30. The molecule has 27 heavy (non-hydrogen) atoms. The first kappa shape index (κ1) is 18.6. The van der Waals surface area contributed by atoms with Gasteiger partial charge >= 0.3 is 0 Å². The molecular formula is C22H24N4O. The summed E-state index contributed by atoms with van der Waals surface area (Å²) in [5.74, 6) is 0.585. The standard InChI is InChI=1S/C22H24N4O/c1-17(2)26(15-18-10-6-4-7-11-18)22(27)20-14-21(24-16-23-20)25(3)19-12-8-5-9-13-19/h4-14,16-17H,15H2,1-3H3. The van der Waals surface area contributed by atoms with Crippen LogP contribution >= 0.6 is 0 Å². The van der Waals surface area contributed by atoms with Crippen LogP contribution in [0.2, 0.25) is 0 Å². The van der Waals surface area contributed by atoms with Gasteiger partial charge in [0.25, 0.3) is 5.91 Å². The van der Waals surface area contributed by atoms with Crippen molar-refractivity contribution in [2.45, 2.75) is 26.4 Å².